The van der Waals surface area contributed by atoms with Crippen molar-refractivity contribution in [2.45, 2.75) is 31.7 Å². The zero-order valence-corrected chi connectivity index (χ0v) is 23.3. The molecule has 0 aliphatic carbocycles. The van der Waals surface area contributed by atoms with Gasteiger partial charge in [0.2, 0.25) is 5.91 Å². The number of para-hydroxylation sites is 2. The van der Waals surface area contributed by atoms with Gasteiger partial charge in [-0.1, -0.05) is 48.0 Å². The van der Waals surface area contributed by atoms with E-state index >= 15 is 0 Å². The van der Waals surface area contributed by atoms with E-state index in [9.17, 15) is 18.0 Å². The molecule has 4 rings (SSSR count). The number of hydrogen-bond acceptors (Lipinski definition) is 5. The Morgan fingerprint density at radius 1 is 0.800 bits per heavy atom. The maximum absolute atomic E-state index is 13.8. The smallest absolute Gasteiger partial charge is 0.264 e. The van der Waals surface area contributed by atoms with Crippen LogP contribution in [0, 0.1) is 6.92 Å². The van der Waals surface area contributed by atoms with Crippen LogP contribution in [-0.4, -0.2) is 32.8 Å². The number of nitrogens with zero attached hydrogens (tertiary/aromatic N) is 1. The number of benzene rings is 4. The number of amides is 2. The van der Waals surface area contributed by atoms with E-state index < -0.39 is 22.5 Å². The molecule has 9 heteroatoms. The second kappa shape index (κ2) is 12.5. The van der Waals surface area contributed by atoms with Crippen LogP contribution < -0.4 is 19.7 Å². The summed E-state index contributed by atoms with van der Waals surface area (Å²) in [5.41, 5.74) is 1.74. The summed E-state index contributed by atoms with van der Waals surface area (Å²) in [6.45, 7) is 5.02. The van der Waals surface area contributed by atoms with Gasteiger partial charge in [-0.05, 0) is 81.4 Å². The molecule has 0 saturated carbocycles. The predicted molar refractivity (Wildman–Crippen MR) is 156 cm³/mol. The topological polar surface area (TPSA) is 105 Å². The molecule has 0 saturated heterocycles. The van der Waals surface area contributed by atoms with Gasteiger partial charge in [0.15, 0.2) is 0 Å². The van der Waals surface area contributed by atoms with E-state index in [1.807, 2.05) is 51.1 Å². The number of nitrogens with one attached hydrogen (secondary N) is 2. The highest BCUT2D eigenvalue weighted by Gasteiger charge is 2.28. The van der Waals surface area contributed by atoms with Crippen molar-refractivity contribution in [2.24, 2.45) is 0 Å². The maximum Gasteiger partial charge on any atom is 0.264 e. The van der Waals surface area contributed by atoms with Gasteiger partial charge < -0.3 is 15.4 Å². The zero-order valence-electron chi connectivity index (χ0n) is 22.5. The Kier molecular flexibility index (Phi) is 8.86. The maximum atomic E-state index is 13.8. The van der Waals surface area contributed by atoms with Gasteiger partial charge in [0, 0.05) is 6.04 Å². The molecule has 0 aromatic heterocycles. The van der Waals surface area contributed by atoms with Gasteiger partial charge in [0.1, 0.15) is 18.0 Å². The minimum atomic E-state index is -4.12. The Morgan fingerprint density at radius 2 is 1.40 bits per heavy atom. The Morgan fingerprint density at radius 3 is 2.05 bits per heavy atom. The quantitative estimate of drug-likeness (QED) is 0.258. The van der Waals surface area contributed by atoms with Gasteiger partial charge >= 0.3 is 0 Å². The molecule has 0 bridgehead atoms. The molecule has 2 N–H and O–H groups in total. The third kappa shape index (κ3) is 7.06. The molecule has 40 heavy (non-hydrogen) atoms. The highest BCUT2D eigenvalue weighted by Crippen LogP contribution is 2.28. The molecule has 0 unspecified atom stereocenters. The Balaban J connectivity index is 1.63. The highest BCUT2D eigenvalue weighted by molar-refractivity contribution is 7.92. The fourth-order valence-corrected chi connectivity index (χ4v) is 5.33. The first-order valence-corrected chi connectivity index (χ1v) is 14.2. The van der Waals surface area contributed by atoms with Crippen LogP contribution in [0.15, 0.2) is 108 Å². The van der Waals surface area contributed by atoms with Crippen LogP contribution in [0.2, 0.25) is 0 Å². The van der Waals surface area contributed by atoms with Crippen LogP contribution in [-0.2, 0) is 14.8 Å². The second-order valence-electron chi connectivity index (χ2n) is 9.46. The molecule has 2 amide bonds. The summed E-state index contributed by atoms with van der Waals surface area (Å²) in [7, 11) is -4.12. The van der Waals surface area contributed by atoms with E-state index in [2.05, 4.69) is 10.6 Å². The van der Waals surface area contributed by atoms with Crippen molar-refractivity contribution in [3.05, 3.63) is 114 Å². The lowest BCUT2D eigenvalue weighted by Gasteiger charge is -2.24. The number of sulfonamides is 1. The van der Waals surface area contributed by atoms with E-state index in [-0.39, 0.29) is 33.8 Å². The summed E-state index contributed by atoms with van der Waals surface area (Å²) in [5.74, 6) is 0.199. The monoisotopic (exact) mass is 557 g/mol. The van der Waals surface area contributed by atoms with E-state index in [4.69, 9.17) is 4.74 Å². The van der Waals surface area contributed by atoms with Crippen LogP contribution in [0.25, 0.3) is 0 Å². The first-order valence-electron chi connectivity index (χ1n) is 12.8. The third-order valence-corrected chi connectivity index (χ3v) is 7.65. The normalized spacial score (nSPS) is 11.1. The molecule has 0 spiro atoms. The molecule has 0 radical (unpaired) electrons. The van der Waals surface area contributed by atoms with Crippen molar-refractivity contribution in [3.8, 4) is 11.5 Å². The molecule has 206 valence electrons. The second-order valence-corrected chi connectivity index (χ2v) is 11.3. The summed E-state index contributed by atoms with van der Waals surface area (Å²) in [5, 5.41) is 5.51. The minimum Gasteiger partial charge on any atom is -0.457 e. The molecule has 4 aromatic rings. The van der Waals surface area contributed by atoms with Crippen molar-refractivity contribution in [3.63, 3.8) is 0 Å². The van der Waals surface area contributed by atoms with Crippen LogP contribution >= 0.6 is 0 Å². The van der Waals surface area contributed by atoms with E-state index in [1.165, 1.54) is 12.1 Å². The summed E-state index contributed by atoms with van der Waals surface area (Å²) >= 11 is 0. The molecule has 4 aromatic carbocycles. The van der Waals surface area contributed by atoms with E-state index in [1.54, 1.807) is 60.7 Å². The van der Waals surface area contributed by atoms with Crippen LogP contribution in [0.4, 0.5) is 11.4 Å². The van der Waals surface area contributed by atoms with Gasteiger partial charge in [-0.25, -0.2) is 8.42 Å². The first kappa shape index (κ1) is 28.4. The molecule has 0 aliphatic rings. The summed E-state index contributed by atoms with van der Waals surface area (Å²) < 4.78 is 34.4. The molecule has 8 nitrogen and oxygen atoms in total. The lowest BCUT2D eigenvalue weighted by Crippen LogP contribution is -2.38. The van der Waals surface area contributed by atoms with Crippen LogP contribution in [0.1, 0.15) is 29.8 Å². The average Bonchev–Trinajstić information content (AvgIpc) is 2.93. The number of rotatable bonds is 10. The van der Waals surface area contributed by atoms with Crippen LogP contribution in [0.3, 0.4) is 0 Å². The predicted octanol–water partition coefficient (Wildman–Crippen LogP) is 5.76. The standard InChI is InChI=1S/C31H31N3O5S/c1-22(2)32-31(36)28-11-7-8-12-29(28)33-30(35)21-34(40(37,38)27-19-13-23(3)14-20-27)24-15-17-26(18-16-24)39-25-9-5-4-6-10-25/h4-20,22H,21H2,1-3H3,(H,32,36)(H,33,35). The minimum absolute atomic E-state index is 0.0484. The Hall–Kier alpha value is -4.63. The van der Waals surface area contributed by atoms with Gasteiger partial charge in [-0.15, -0.1) is 0 Å². The van der Waals surface area contributed by atoms with Crippen molar-refractivity contribution >= 4 is 33.2 Å². The third-order valence-electron chi connectivity index (χ3n) is 5.87. The number of anilines is 2. The molecule has 0 aliphatic heterocycles. The van der Waals surface area contributed by atoms with E-state index in [0.29, 0.717) is 11.5 Å². The fraction of sp³-hybridized carbons (Fsp3) is 0.161. The van der Waals surface area contributed by atoms with Crippen molar-refractivity contribution < 1.29 is 22.7 Å². The number of ether oxygens (including phenoxy) is 1. The largest absolute Gasteiger partial charge is 0.457 e. The molecule has 0 heterocycles. The van der Waals surface area contributed by atoms with Gasteiger partial charge in [0.25, 0.3) is 15.9 Å². The zero-order chi connectivity index (χ0) is 28.7. The molecular weight excluding hydrogens is 526 g/mol. The molecular formula is C31H31N3O5S. The summed E-state index contributed by atoms with van der Waals surface area (Å²) in [4.78, 5) is 26.0. The molecule has 0 fully saturated rings. The SMILES string of the molecule is Cc1ccc(S(=O)(=O)N(CC(=O)Nc2ccccc2C(=O)NC(C)C)c2ccc(Oc3ccccc3)cc2)cc1. The molecule has 0 atom stereocenters. The fourth-order valence-electron chi connectivity index (χ4n) is 3.91. The lowest BCUT2D eigenvalue weighted by atomic mass is 10.1. The summed E-state index contributed by atoms with van der Waals surface area (Å²) in [6.07, 6.45) is 0. The lowest BCUT2D eigenvalue weighted by molar-refractivity contribution is -0.114. The van der Waals surface area contributed by atoms with Gasteiger partial charge in [-0.3, -0.25) is 13.9 Å². The highest BCUT2D eigenvalue weighted by atomic mass is 32.2. The van der Waals surface area contributed by atoms with Crippen molar-refractivity contribution in [2.75, 3.05) is 16.2 Å². The Bertz CT molecular complexity index is 1570. The number of carbonyl (C=O) groups is 2. The van der Waals surface area contributed by atoms with Crippen molar-refractivity contribution in [1.29, 1.82) is 0 Å². The van der Waals surface area contributed by atoms with Gasteiger partial charge in [0.05, 0.1) is 21.8 Å². The number of carbonyl (C=O) groups excluding carboxylic acids is 2. The summed E-state index contributed by atoms with van der Waals surface area (Å²) in [6, 6.07) is 28.6. The number of aryl methyl sites for hydroxylation is 1. The van der Waals surface area contributed by atoms with E-state index in [0.717, 1.165) is 9.87 Å². The van der Waals surface area contributed by atoms with Gasteiger partial charge in [-0.2, -0.15) is 0 Å². The van der Waals surface area contributed by atoms with Crippen molar-refractivity contribution in [1.82, 2.24) is 5.32 Å². The Labute approximate surface area is 234 Å². The number of hydrogen-bond donors (Lipinski definition) is 2. The van der Waals surface area contributed by atoms with Crippen LogP contribution in [0.5, 0.6) is 11.5 Å². The average molecular weight is 558 g/mol. The first-order chi connectivity index (χ1) is 19.1.